The molecule has 12 aromatic rings. The third-order valence-electron chi connectivity index (χ3n) is 12.6. The second-order valence-corrected chi connectivity index (χ2v) is 16.0. The highest BCUT2D eigenvalue weighted by molar-refractivity contribution is 6.12. The molecular formula is C60H40N2. The van der Waals surface area contributed by atoms with Crippen LogP contribution in [0.15, 0.2) is 243 Å². The molecule has 0 amide bonds. The van der Waals surface area contributed by atoms with E-state index in [1.54, 1.807) is 0 Å². The van der Waals surface area contributed by atoms with Crippen molar-refractivity contribution >= 4 is 71.2 Å². The summed E-state index contributed by atoms with van der Waals surface area (Å²) < 4.78 is 2.42. The Bertz CT molecular complexity index is 3590. The minimum Gasteiger partial charge on any atom is -0.309 e. The first-order chi connectivity index (χ1) is 30.8. The van der Waals surface area contributed by atoms with Crippen LogP contribution in [0.4, 0.5) is 17.1 Å². The molecule has 0 radical (unpaired) electrons. The molecule has 0 unspecified atom stereocenters. The van der Waals surface area contributed by atoms with Gasteiger partial charge in [-0.15, -0.1) is 0 Å². The maximum Gasteiger partial charge on any atom is 0.0541 e. The molecule has 0 N–H and O–H groups in total. The van der Waals surface area contributed by atoms with Crippen LogP contribution in [0.1, 0.15) is 0 Å². The molecule has 1 heterocycles. The van der Waals surface area contributed by atoms with Gasteiger partial charge in [-0.05, 0) is 91.6 Å². The molecule has 2 heteroatoms. The third-order valence-corrected chi connectivity index (χ3v) is 12.6. The molecule has 0 atom stereocenters. The lowest BCUT2D eigenvalue weighted by molar-refractivity contribution is 1.18. The van der Waals surface area contributed by atoms with Gasteiger partial charge in [0.05, 0.1) is 28.1 Å². The smallest absolute Gasteiger partial charge is 0.0541 e. The second-order valence-electron chi connectivity index (χ2n) is 16.0. The zero-order valence-corrected chi connectivity index (χ0v) is 34.0. The molecule has 0 saturated carbocycles. The number of benzene rings is 11. The lowest BCUT2D eigenvalue weighted by Gasteiger charge is -2.30. The summed E-state index contributed by atoms with van der Waals surface area (Å²) in [5.74, 6) is 0. The first-order valence-corrected chi connectivity index (χ1v) is 21.4. The lowest BCUT2D eigenvalue weighted by Crippen LogP contribution is -2.12. The quantitative estimate of drug-likeness (QED) is 0.156. The minimum absolute atomic E-state index is 1.08. The molecule has 2 nitrogen and oxygen atoms in total. The van der Waals surface area contributed by atoms with Gasteiger partial charge in [0.15, 0.2) is 0 Å². The van der Waals surface area contributed by atoms with Crippen molar-refractivity contribution in [1.29, 1.82) is 0 Å². The van der Waals surface area contributed by atoms with E-state index in [9.17, 15) is 0 Å². The summed E-state index contributed by atoms with van der Waals surface area (Å²) in [5, 5.41) is 9.86. The topological polar surface area (TPSA) is 8.17 Å². The Labute approximate surface area is 360 Å². The van der Waals surface area contributed by atoms with E-state index in [2.05, 4.69) is 252 Å². The molecule has 0 fully saturated rings. The van der Waals surface area contributed by atoms with E-state index in [-0.39, 0.29) is 0 Å². The third kappa shape index (κ3) is 5.80. The maximum absolute atomic E-state index is 2.47. The Morgan fingerprint density at radius 2 is 0.710 bits per heavy atom. The van der Waals surface area contributed by atoms with Gasteiger partial charge >= 0.3 is 0 Å². The predicted octanol–water partition coefficient (Wildman–Crippen LogP) is 16.7. The summed E-state index contributed by atoms with van der Waals surface area (Å²) in [5.41, 5.74) is 14.1. The van der Waals surface area contributed by atoms with Crippen molar-refractivity contribution in [2.45, 2.75) is 0 Å². The van der Waals surface area contributed by atoms with Crippen molar-refractivity contribution in [3.63, 3.8) is 0 Å². The van der Waals surface area contributed by atoms with Crippen LogP contribution in [0.5, 0.6) is 0 Å². The number of anilines is 3. The highest BCUT2D eigenvalue weighted by Gasteiger charge is 2.22. The lowest BCUT2D eigenvalue weighted by atomic mass is 9.92. The van der Waals surface area contributed by atoms with Gasteiger partial charge in [0.25, 0.3) is 0 Å². The van der Waals surface area contributed by atoms with Crippen LogP contribution >= 0.6 is 0 Å². The van der Waals surface area contributed by atoms with Gasteiger partial charge in [0.1, 0.15) is 0 Å². The first kappa shape index (κ1) is 35.7. The van der Waals surface area contributed by atoms with Gasteiger partial charge in [-0.25, -0.2) is 0 Å². The number of hydrogen-bond acceptors (Lipinski definition) is 1. The van der Waals surface area contributed by atoms with Crippen LogP contribution in [0.3, 0.4) is 0 Å². The van der Waals surface area contributed by atoms with Crippen LogP contribution in [-0.4, -0.2) is 4.57 Å². The van der Waals surface area contributed by atoms with E-state index < -0.39 is 0 Å². The van der Waals surface area contributed by atoms with Crippen LogP contribution in [0.2, 0.25) is 0 Å². The Balaban J connectivity index is 1.07. The molecule has 0 aliphatic carbocycles. The monoisotopic (exact) mass is 788 g/mol. The zero-order chi connectivity index (χ0) is 41.0. The summed E-state index contributed by atoms with van der Waals surface area (Å²) >= 11 is 0. The number of rotatable bonds is 7. The van der Waals surface area contributed by atoms with Crippen molar-refractivity contribution in [3.05, 3.63) is 243 Å². The fourth-order valence-corrected chi connectivity index (χ4v) is 9.82. The minimum atomic E-state index is 1.08. The standard InChI is InChI=1S/C60H40N2/c1-3-21-45-41(17-1)19-15-29-48(45)51-39-40-60(53-25-6-5-24-50(51)53)61(57-32-12-8-26-52(57)49-30-16-20-42-18-2-4-22-46(42)49)44-37-35-43(36-38-44)47-23-7-11-31-56(47)62-58-33-13-9-27-54(58)55-28-10-14-34-59(55)62/h1-40H. The molecule has 11 aromatic carbocycles. The van der Waals surface area contributed by atoms with Gasteiger partial charge in [-0.3, -0.25) is 0 Å². The van der Waals surface area contributed by atoms with E-state index in [0.29, 0.717) is 0 Å². The Morgan fingerprint density at radius 1 is 0.258 bits per heavy atom. The second kappa shape index (κ2) is 14.8. The van der Waals surface area contributed by atoms with Gasteiger partial charge in [-0.2, -0.15) is 0 Å². The van der Waals surface area contributed by atoms with E-state index >= 15 is 0 Å². The summed E-state index contributed by atoms with van der Waals surface area (Å²) in [6.45, 7) is 0. The number of para-hydroxylation sites is 4. The van der Waals surface area contributed by atoms with Crippen molar-refractivity contribution < 1.29 is 0 Å². The number of hydrogen-bond donors (Lipinski definition) is 0. The summed E-state index contributed by atoms with van der Waals surface area (Å²) in [4.78, 5) is 2.47. The average Bonchev–Trinajstić information content (AvgIpc) is 3.68. The van der Waals surface area contributed by atoms with Gasteiger partial charge in [0.2, 0.25) is 0 Å². The number of aromatic nitrogens is 1. The van der Waals surface area contributed by atoms with E-state index in [1.807, 2.05) is 0 Å². The Morgan fingerprint density at radius 3 is 1.37 bits per heavy atom. The van der Waals surface area contributed by atoms with E-state index in [1.165, 1.54) is 81.9 Å². The highest BCUT2D eigenvalue weighted by atomic mass is 15.1. The normalized spacial score (nSPS) is 11.5. The molecule has 1 aromatic heterocycles. The van der Waals surface area contributed by atoms with Crippen LogP contribution in [0.25, 0.3) is 93.2 Å². The summed E-state index contributed by atoms with van der Waals surface area (Å²) in [6.07, 6.45) is 0. The van der Waals surface area contributed by atoms with Crippen LogP contribution < -0.4 is 4.90 Å². The average molecular weight is 789 g/mol. The summed E-state index contributed by atoms with van der Waals surface area (Å²) in [7, 11) is 0. The van der Waals surface area contributed by atoms with Crippen LogP contribution in [0, 0.1) is 0 Å². The Hall–Kier alpha value is -8.20. The molecule has 0 aliphatic rings. The first-order valence-electron chi connectivity index (χ1n) is 21.4. The molecule has 62 heavy (non-hydrogen) atoms. The molecule has 290 valence electrons. The predicted molar refractivity (Wildman–Crippen MR) is 264 cm³/mol. The fourth-order valence-electron chi connectivity index (χ4n) is 9.82. The van der Waals surface area contributed by atoms with Crippen LogP contribution in [-0.2, 0) is 0 Å². The van der Waals surface area contributed by atoms with Gasteiger partial charge in [-0.1, -0.05) is 200 Å². The van der Waals surface area contributed by atoms with Crippen molar-refractivity contribution in [1.82, 2.24) is 4.57 Å². The number of nitrogens with zero attached hydrogens (tertiary/aromatic N) is 2. The van der Waals surface area contributed by atoms with Crippen molar-refractivity contribution in [2.75, 3.05) is 4.90 Å². The zero-order valence-electron chi connectivity index (χ0n) is 34.0. The maximum atomic E-state index is 2.47. The van der Waals surface area contributed by atoms with Crippen molar-refractivity contribution in [2.24, 2.45) is 0 Å². The summed E-state index contributed by atoms with van der Waals surface area (Å²) in [6, 6.07) is 88.5. The molecule has 0 bridgehead atoms. The SMILES string of the molecule is c1ccc(N(c2ccc(-c3ccccc3-n3c4ccccc4c4ccccc43)cc2)c2ccc(-c3cccc4ccccc34)c3ccccc23)c(-c2cccc3ccccc23)c1. The fraction of sp³-hybridized carbons (Fsp3) is 0. The Kier molecular flexibility index (Phi) is 8.53. The molecule has 12 rings (SSSR count). The highest BCUT2D eigenvalue weighted by Crippen LogP contribution is 2.47. The van der Waals surface area contributed by atoms with E-state index in [4.69, 9.17) is 0 Å². The largest absolute Gasteiger partial charge is 0.309 e. The van der Waals surface area contributed by atoms with Gasteiger partial charge in [0, 0.05) is 33.0 Å². The molecule has 0 saturated heterocycles. The van der Waals surface area contributed by atoms with E-state index in [0.717, 1.165) is 28.3 Å². The molecule has 0 spiro atoms. The number of fused-ring (bicyclic) bond motifs is 6. The molecule has 0 aliphatic heterocycles. The van der Waals surface area contributed by atoms with Crippen molar-refractivity contribution in [3.8, 4) is 39.1 Å². The molecular weight excluding hydrogens is 749 g/mol. The van der Waals surface area contributed by atoms with Gasteiger partial charge < -0.3 is 9.47 Å².